The zero-order valence-electron chi connectivity index (χ0n) is 11.0. The molecule has 0 heterocycles. The molecule has 0 aliphatic heterocycles. The highest BCUT2D eigenvalue weighted by Crippen LogP contribution is 2.16. The van der Waals surface area contributed by atoms with Gasteiger partial charge in [0.1, 0.15) is 0 Å². The van der Waals surface area contributed by atoms with Crippen LogP contribution in [0.3, 0.4) is 0 Å². The highest BCUT2D eigenvalue weighted by Gasteiger charge is 2.12. The molecule has 0 N–H and O–H groups in total. The van der Waals surface area contributed by atoms with Gasteiger partial charge in [0.15, 0.2) is 0 Å². The molecule has 0 atom stereocenters. The Morgan fingerprint density at radius 1 is 0.952 bits per heavy atom. The van der Waals surface area contributed by atoms with Gasteiger partial charge in [-0.3, -0.25) is 20.2 Å². The summed E-state index contributed by atoms with van der Waals surface area (Å²) in [7, 11) is 0. The third-order valence-electron chi connectivity index (χ3n) is 2.90. The third kappa shape index (κ3) is 3.97. The van der Waals surface area contributed by atoms with E-state index in [4.69, 9.17) is 0 Å². The van der Waals surface area contributed by atoms with E-state index in [1.165, 1.54) is 30.3 Å². The Morgan fingerprint density at radius 2 is 1.57 bits per heavy atom. The lowest BCUT2D eigenvalue weighted by atomic mass is 10.1. The predicted molar refractivity (Wildman–Crippen MR) is 78.2 cm³/mol. The highest BCUT2D eigenvalue weighted by atomic mass is 16.6. The lowest BCUT2D eigenvalue weighted by Gasteiger charge is -2.00. The Bertz CT molecular complexity index is 679. The van der Waals surface area contributed by atoms with Crippen molar-refractivity contribution in [2.45, 2.75) is 6.42 Å². The minimum atomic E-state index is -0.508. The summed E-state index contributed by atoms with van der Waals surface area (Å²) in [4.78, 5) is 20.7. The van der Waals surface area contributed by atoms with Crippen LogP contribution >= 0.6 is 0 Å². The maximum absolute atomic E-state index is 11.1. The maximum atomic E-state index is 11.1. The van der Waals surface area contributed by atoms with Crippen LogP contribution in [0.4, 0.5) is 5.69 Å². The first kappa shape index (κ1) is 14.4. The van der Waals surface area contributed by atoms with Crippen LogP contribution < -0.4 is 0 Å². The van der Waals surface area contributed by atoms with Gasteiger partial charge in [-0.15, -0.1) is 0 Å². The summed E-state index contributed by atoms with van der Waals surface area (Å²) in [6.45, 7) is 0. The van der Waals surface area contributed by atoms with Crippen molar-refractivity contribution in [1.82, 2.24) is 0 Å². The molecular formula is C15H12N2O4. The molecule has 106 valence electrons. The van der Waals surface area contributed by atoms with Crippen molar-refractivity contribution in [3.8, 4) is 0 Å². The molecule has 0 aromatic heterocycles. The highest BCUT2D eigenvalue weighted by molar-refractivity contribution is 5.54. The number of nitro groups is 2. The molecule has 0 spiro atoms. The van der Waals surface area contributed by atoms with Gasteiger partial charge in [0.05, 0.1) is 16.3 Å². The van der Waals surface area contributed by atoms with Crippen LogP contribution in [-0.4, -0.2) is 9.85 Å². The molecule has 0 aliphatic rings. The fourth-order valence-corrected chi connectivity index (χ4v) is 1.86. The van der Waals surface area contributed by atoms with Gasteiger partial charge < -0.3 is 0 Å². The first-order valence-corrected chi connectivity index (χ1v) is 6.19. The van der Waals surface area contributed by atoms with Gasteiger partial charge in [0.25, 0.3) is 11.4 Å². The molecule has 0 bridgehead atoms. The minimum absolute atomic E-state index is 0.0371. The van der Waals surface area contributed by atoms with Crippen molar-refractivity contribution < 1.29 is 9.85 Å². The Labute approximate surface area is 120 Å². The fraction of sp³-hybridized carbons (Fsp3) is 0.0667. The maximum Gasteiger partial charge on any atom is 0.269 e. The van der Waals surface area contributed by atoms with E-state index < -0.39 is 9.85 Å². The monoisotopic (exact) mass is 284 g/mol. The van der Waals surface area contributed by atoms with Gasteiger partial charge in [-0.2, -0.15) is 0 Å². The molecule has 0 radical (unpaired) electrons. The number of non-ortho nitro benzene ring substituents is 1. The summed E-state index contributed by atoms with van der Waals surface area (Å²) in [5.74, 6) is 0. The molecule has 0 unspecified atom stereocenters. The molecule has 2 rings (SSSR count). The standard InChI is InChI=1S/C15H12N2O4/c18-16(19)14-8-6-13(7-9-14)11-15(17(20)21)10-12-4-2-1-3-5-12/h1-9,11H,10H2. The van der Waals surface area contributed by atoms with Crippen molar-refractivity contribution in [3.63, 3.8) is 0 Å². The summed E-state index contributed by atoms with van der Waals surface area (Å²) < 4.78 is 0. The van der Waals surface area contributed by atoms with Crippen LogP contribution in [0.15, 0.2) is 60.3 Å². The van der Waals surface area contributed by atoms with Crippen LogP contribution in [-0.2, 0) is 6.42 Å². The lowest BCUT2D eigenvalue weighted by Crippen LogP contribution is -2.02. The minimum Gasteiger partial charge on any atom is -0.259 e. The normalized spacial score (nSPS) is 11.1. The predicted octanol–water partition coefficient (Wildman–Crippen LogP) is 3.46. The average molecular weight is 284 g/mol. The topological polar surface area (TPSA) is 86.3 Å². The molecule has 0 saturated carbocycles. The Morgan fingerprint density at radius 3 is 2.10 bits per heavy atom. The molecule has 0 saturated heterocycles. The average Bonchev–Trinajstić information content (AvgIpc) is 2.48. The molecule has 0 amide bonds. The summed E-state index contributed by atoms with van der Waals surface area (Å²) in [5, 5.41) is 21.7. The second kappa shape index (κ2) is 6.42. The lowest BCUT2D eigenvalue weighted by molar-refractivity contribution is -0.425. The van der Waals surface area contributed by atoms with E-state index in [2.05, 4.69) is 0 Å². The van der Waals surface area contributed by atoms with Crippen LogP contribution in [0.1, 0.15) is 11.1 Å². The van der Waals surface area contributed by atoms with Gasteiger partial charge in [0.2, 0.25) is 0 Å². The van der Waals surface area contributed by atoms with Crippen molar-refractivity contribution in [3.05, 3.63) is 91.6 Å². The number of nitrogens with zero attached hydrogens (tertiary/aromatic N) is 2. The van der Waals surface area contributed by atoms with Crippen molar-refractivity contribution in [2.24, 2.45) is 0 Å². The number of rotatable bonds is 5. The summed E-state index contributed by atoms with van der Waals surface area (Å²) >= 11 is 0. The van der Waals surface area contributed by atoms with Gasteiger partial charge in [-0.25, -0.2) is 0 Å². The molecule has 0 fully saturated rings. The van der Waals surface area contributed by atoms with Gasteiger partial charge in [-0.1, -0.05) is 30.3 Å². The van der Waals surface area contributed by atoms with Crippen molar-refractivity contribution in [2.75, 3.05) is 0 Å². The number of allylic oxidation sites excluding steroid dienone is 1. The summed E-state index contributed by atoms with van der Waals surface area (Å²) in [5.41, 5.74) is 1.39. The fourth-order valence-electron chi connectivity index (χ4n) is 1.86. The number of benzene rings is 2. The first-order chi connectivity index (χ1) is 10.1. The largest absolute Gasteiger partial charge is 0.269 e. The van der Waals surface area contributed by atoms with E-state index in [-0.39, 0.29) is 17.8 Å². The Kier molecular flexibility index (Phi) is 4.40. The van der Waals surface area contributed by atoms with E-state index in [1.807, 2.05) is 30.3 Å². The number of hydrogen-bond acceptors (Lipinski definition) is 4. The SMILES string of the molecule is O=[N+]([O-])C(=Cc1ccc([N+](=O)[O-])cc1)Cc1ccccc1. The molecule has 6 nitrogen and oxygen atoms in total. The molecule has 0 aliphatic carbocycles. The molecule has 6 heteroatoms. The zero-order chi connectivity index (χ0) is 15.2. The van der Waals surface area contributed by atoms with E-state index in [1.54, 1.807) is 0 Å². The molecule has 2 aromatic rings. The first-order valence-electron chi connectivity index (χ1n) is 6.19. The quantitative estimate of drug-likeness (QED) is 0.621. The van der Waals surface area contributed by atoms with E-state index in [9.17, 15) is 20.2 Å². The molecular weight excluding hydrogens is 272 g/mol. The number of nitro benzene ring substituents is 1. The molecule has 21 heavy (non-hydrogen) atoms. The summed E-state index contributed by atoms with van der Waals surface area (Å²) in [6.07, 6.45) is 1.63. The number of hydrogen-bond donors (Lipinski definition) is 0. The second-order valence-corrected chi connectivity index (χ2v) is 4.40. The van der Waals surface area contributed by atoms with Crippen LogP contribution in [0.25, 0.3) is 6.08 Å². The second-order valence-electron chi connectivity index (χ2n) is 4.40. The van der Waals surface area contributed by atoms with E-state index in [0.29, 0.717) is 5.56 Å². The van der Waals surface area contributed by atoms with Gasteiger partial charge in [0, 0.05) is 18.2 Å². The van der Waals surface area contributed by atoms with Crippen LogP contribution in [0.2, 0.25) is 0 Å². The zero-order valence-corrected chi connectivity index (χ0v) is 11.0. The third-order valence-corrected chi connectivity index (χ3v) is 2.90. The van der Waals surface area contributed by atoms with Crippen molar-refractivity contribution >= 4 is 11.8 Å². The van der Waals surface area contributed by atoms with Crippen LogP contribution in [0.5, 0.6) is 0 Å². The van der Waals surface area contributed by atoms with Gasteiger partial charge >= 0.3 is 0 Å². The Balaban J connectivity index is 2.25. The Hall–Kier alpha value is -3.02. The summed E-state index contributed by atoms with van der Waals surface area (Å²) in [6, 6.07) is 14.7. The van der Waals surface area contributed by atoms with Crippen LogP contribution in [0, 0.1) is 20.2 Å². The van der Waals surface area contributed by atoms with Gasteiger partial charge in [-0.05, 0) is 23.3 Å². The molecule has 2 aromatic carbocycles. The van der Waals surface area contributed by atoms with Crippen molar-refractivity contribution in [1.29, 1.82) is 0 Å². The van der Waals surface area contributed by atoms with E-state index >= 15 is 0 Å². The smallest absolute Gasteiger partial charge is 0.259 e. The van der Waals surface area contributed by atoms with E-state index in [0.717, 1.165) is 5.56 Å².